The number of unbranched alkanes of at least 4 members (excludes halogenated alkanes) is 1. The molecule has 0 spiro atoms. The summed E-state index contributed by atoms with van der Waals surface area (Å²) in [6.45, 7) is 8.18. The summed E-state index contributed by atoms with van der Waals surface area (Å²) in [6, 6.07) is 6.20. The quantitative estimate of drug-likeness (QED) is 0.344. The molecule has 0 fully saturated rings. The lowest BCUT2D eigenvalue weighted by Gasteiger charge is -2.15. The zero-order valence-electron chi connectivity index (χ0n) is 16.1. The lowest BCUT2D eigenvalue weighted by atomic mass is 10.1. The number of guanidine groups is 1. The van der Waals surface area contributed by atoms with Crippen molar-refractivity contribution in [3.05, 3.63) is 29.3 Å². The summed E-state index contributed by atoms with van der Waals surface area (Å²) in [7, 11) is 3.43. The molecule has 2 N–H and O–H groups in total. The second-order valence-corrected chi connectivity index (χ2v) is 5.77. The zero-order chi connectivity index (χ0) is 18.3. The molecule has 0 unspecified atom stereocenters. The number of ether oxygens (including phenoxy) is 3. The number of hydrogen-bond acceptors (Lipinski definition) is 4. The van der Waals surface area contributed by atoms with Crippen LogP contribution < -0.4 is 15.4 Å². The maximum atomic E-state index is 5.82. The minimum atomic E-state index is 0.537. The molecule has 0 bridgehead atoms. The van der Waals surface area contributed by atoms with E-state index in [1.54, 1.807) is 14.2 Å². The van der Waals surface area contributed by atoms with E-state index in [-0.39, 0.29) is 0 Å². The van der Waals surface area contributed by atoms with Gasteiger partial charge in [-0.1, -0.05) is 25.5 Å². The van der Waals surface area contributed by atoms with Crippen LogP contribution >= 0.6 is 0 Å². The Morgan fingerprint density at radius 3 is 2.68 bits per heavy atom. The van der Waals surface area contributed by atoms with Gasteiger partial charge in [0.05, 0.1) is 13.2 Å². The van der Waals surface area contributed by atoms with E-state index in [0.29, 0.717) is 26.4 Å². The standard InChI is InChI=1S/C19H33N3O3/c1-5-6-10-24-11-9-21-19(20-3)22-15-17-8-7-16(2)14-18(17)25-13-12-23-4/h7-8,14H,5-6,9-13,15H2,1-4H3,(H2,20,21,22). The zero-order valence-corrected chi connectivity index (χ0v) is 16.1. The Kier molecular flexibility index (Phi) is 11.5. The average Bonchev–Trinajstić information content (AvgIpc) is 2.62. The molecule has 0 amide bonds. The maximum Gasteiger partial charge on any atom is 0.191 e. The van der Waals surface area contributed by atoms with Crippen LogP contribution in [0.15, 0.2) is 23.2 Å². The number of nitrogens with one attached hydrogen (secondary N) is 2. The minimum Gasteiger partial charge on any atom is -0.491 e. The van der Waals surface area contributed by atoms with Gasteiger partial charge in [-0.3, -0.25) is 4.99 Å². The third-order valence-corrected chi connectivity index (χ3v) is 3.62. The van der Waals surface area contributed by atoms with Crippen LogP contribution in [-0.2, 0) is 16.0 Å². The van der Waals surface area contributed by atoms with Gasteiger partial charge in [0, 0.05) is 39.4 Å². The van der Waals surface area contributed by atoms with Crippen LogP contribution in [0.3, 0.4) is 0 Å². The first kappa shape index (κ1) is 21.3. The first-order chi connectivity index (χ1) is 12.2. The number of aryl methyl sites for hydroxylation is 1. The van der Waals surface area contributed by atoms with Crippen LogP contribution in [0.5, 0.6) is 5.75 Å². The average molecular weight is 351 g/mol. The number of rotatable bonds is 12. The highest BCUT2D eigenvalue weighted by Crippen LogP contribution is 2.20. The van der Waals surface area contributed by atoms with Gasteiger partial charge in [0.2, 0.25) is 0 Å². The van der Waals surface area contributed by atoms with Crippen LogP contribution in [0.4, 0.5) is 0 Å². The fraction of sp³-hybridized carbons (Fsp3) is 0.632. The highest BCUT2D eigenvalue weighted by molar-refractivity contribution is 5.79. The molecule has 0 aliphatic heterocycles. The van der Waals surface area contributed by atoms with Crippen LogP contribution in [0.1, 0.15) is 30.9 Å². The van der Waals surface area contributed by atoms with Crippen LogP contribution in [0.2, 0.25) is 0 Å². The Balaban J connectivity index is 2.43. The SMILES string of the molecule is CCCCOCCNC(=NC)NCc1ccc(C)cc1OCCOC. The molecule has 0 radical (unpaired) electrons. The summed E-state index contributed by atoms with van der Waals surface area (Å²) < 4.78 is 16.4. The van der Waals surface area contributed by atoms with Crippen molar-refractivity contribution in [3.63, 3.8) is 0 Å². The lowest BCUT2D eigenvalue weighted by molar-refractivity contribution is 0.136. The van der Waals surface area contributed by atoms with E-state index in [2.05, 4.69) is 41.6 Å². The summed E-state index contributed by atoms with van der Waals surface area (Å²) in [6.07, 6.45) is 2.26. The molecule has 0 aliphatic rings. The molecule has 1 rings (SSSR count). The van der Waals surface area contributed by atoms with E-state index in [9.17, 15) is 0 Å². The van der Waals surface area contributed by atoms with E-state index in [1.165, 1.54) is 5.56 Å². The van der Waals surface area contributed by atoms with Gasteiger partial charge in [-0.15, -0.1) is 0 Å². The Labute approximate surface area is 152 Å². The first-order valence-corrected chi connectivity index (χ1v) is 8.94. The molecular weight excluding hydrogens is 318 g/mol. The van der Waals surface area contributed by atoms with Crippen molar-refractivity contribution in [3.8, 4) is 5.75 Å². The third kappa shape index (κ3) is 9.31. The van der Waals surface area contributed by atoms with Crippen molar-refractivity contribution in [2.45, 2.75) is 33.2 Å². The van der Waals surface area contributed by atoms with Gasteiger partial charge in [-0.2, -0.15) is 0 Å². The van der Waals surface area contributed by atoms with Gasteiger partial charge in [0.1, 0.15) is 12.4 Å². The predicted octanol–water partition coefficient (Wildman–Crippen LogP) is 2.50. The van der Waals surface area contributed by atoms with Crippen LogP contribution in [0.25, 0.3) is 0 Å². The Morgan fingerprint density at radius 2 is 1.96 bits per heavy atom. The van der Waals surface area contributed by atoms with E-state index in [1.807, 2.05) is 6.07 Å². The first-order valence-electron chi connectivity index (χ1n) is 8.94. The van der Waals surface area contributed by atoms with Crippen molar-refractivity contribution in [2.24, 2.45) is 4.99 Å². The Morgan fingerprint density at radius 1 is 1.12 bits per heavy atom. The summed E-state index contributed by atoms with van der Waals surface area (Å²) in [5.41, 5.74) is 2.26. The molecule has 1 aromatic carbocycles. The number of benzene rings is 1. The topological polar surface area (TPSA) is 64.1 Å². The fourth-order valence-corrected chi connectivity index (χ4v) is 2.17. The molecule has 25 heavy (non-hydrogen) atoms. The summed E-state index contributed by atoms with van der Waals surface area (Å²) in [5, 5.41) is 6.56. The largest absolute Gasteiger partial charge is 0.491 e. The van der Waals surface area contributed by atoms with Gasteiger partial charge in [-0.05, 0) is 25.0 Å². The lowest BCUT2D eigenvalue weighted by Crippen LogP contribution is -2.38. The van der Waals surface area contributed by atoms with E-state index < -0.39 is 0 Å². The molecule has 0 saturated heterocycles. The van der Waals surface area contributed by atoms with Gasteiger partial charge >= 0.3 is 0 Å². The minimum absolute atomic E-state index is 0.537. The van der Waals surface area contributed by atoms with E-state index >= 15 is 0 Å². The summed E-state index contributed by atoms with van der Waals surface area (Å²) in [4.78, 5) is 4.24. The predicted molar refractivity (Wildman–Crippen MR) is 102 cm³/mol. The fourth-order valence-electron chi connectivity index (χ4n) is 2.17. The molecule has 0 saturated carbocycles. The van der Waals surface area contributed by atoms with Gasteiger partial charge < -0.3 is 24.8 Å². The van der Waals surface area contributed by atoms with Gasteiger partial charge in [0.25, 0.3) is 0 Å². The molecule has 6 nitrogen and oxygen atoms in total. The van der Waals surface area contributed by atoms with Crippen molar-refractivity contribution >= 4 is 5.96 Å². The second-order valence-electron chi connectivity index (χ2n) is 5.77. The highest BCUT2D eigenvalue weighted by Gasteiger charge is 2.06. The van der Waals surface area contributed by atoms with E-state index in [0.717, 1.165) is 43.3 Å². The van der Waals surface area contributed by atoms with Crippen molar-refractivity contribution < 1.29 is 14.2 Å². The molecule has 1 aromatic rings. The molecule has 6 heteroatoms. The third-order valence-electron chi connectivity index (χ3n) is 3.62. The Bertz CT molecular complexity index is 507. The number of hydrogen-bond donors (Lipinski definition) is 2. The van der Waals surface area contributed by atoms with Crippen molar-refractivity contribution in [2.75, 3.05) is 47.1 Å². The van der Waals surface area contributed by atoms with Gasteiger partial charge in [-0.25, -0.2) is 0 Å². The Hall–Kier alpha value is -1.79. The molecule has 0 atom stereocenters. The summed E-state index contributed by atoms with van der Waals surface area (Å²) in [5.74, 6) is 1.63. The molecule has 0 aromatic heterocycles. The second kappa shape index (κ2) is 13.5. The van der Waals surface area contributed by atoms with Crippen LogP contribution in [0, 0.1) is 6.92 Å². The molecule has 0 heterocycles. The maximum absolute atomic E-state index is 5.82. The number of nitrogens with zero attached hydrogens (tertiary/aromatic N) is 1. The molecular formula is C19H33N3O3. The van der Waals surface area contributed by atoms with Gasteiger partial charge in [0.15, 0.2) is 5.96 Å². The number of methoxy groups -OCH3 is 1. The molecule has 142 valence electrons. The highest BCUT2D eigenvalue weighted by atomic mass is 16.5. The monoisotopic (exact) mass is 351 g/mol. The van der Waals surface area contributed by atoms with Crippen molar-refractivity contribution in [1.82, 2.24) is 10.6 Å². The summed E-state index contributed by atoms with van der Waals surface area (Å²) >= 11 is 0. The molecule has 0 aliphatic carbocycles. The number of aliphatic imine (C=N–C) groups is 1. The normalized spacial score (nSPS) is 11.4. The van der Waals surface area contributed by atoms with E-state index in [4.69, 9.17) is 14.2 Å². The van der Waals surface area contributed by atoms with Crippen LogP contribution in [-0.4, -0.2) is 53.1 Å². The van der Waals surface area contributed by atoms with Crippen molar-refractivity contribution in [1.29, 1.82) is 0 Å². The smallest absolute Gasteiger partial charge is 0.191 e.